The molecule has 0 unspecified atom stereocenters. The molecule has 0 atom stereocenters. The molecule has 1 heterocycles. The van der Waals surface area contributed by atoms with Gasteiger partial charge in [0.15, 0.2) is 0 Å². The van der Waals surface area contributed by atoms with Crippen molar-refractivity contribution in [1.82, 2.24) is 5.32 Å². The second kappa shape index (κ2) is 7.20. The molecule has 1 aliphatic rings. The quantitative estimate of drug-likeness (QED) is 0.854. The van der Waals surface area contributed by atoms with Gasteiger partial charge in [-0.05, 0) is 49.9 Å². The van der Waals surface area contributed by atoms with Crippen LogP contribution in [0.1, 0.15) is 31.4 Å². The number of hydrogen-bond donors (Lipinski definition) is 2. The maximum atomic E-state index is 11.0. The van der Waals surface area contributed by atoms with Crippen molar-refractivity contribution in [3.05, 3.63) is 47.2 Å². The largest absolute Gasteiger partial charge is 0.481 e. The molecule has 5 heteroatoms. The average molecular weight is 334 g/mol. The number of carboxylic acids is 1. The van der Waals surface area contributed by atoms with Crippen LogP contribution in [0.25, 0.3) is 11.3 Å². The molecule has 122 valence electrons. The predicted molar refractivity (Wildman–Crippen MR) is 89.4 cm³/mol. The van der Waals surface area contributed by atoms with Gasteiger partial charge in [-0.1, -0.05) is 23.7 Å². The topological polar surface area (TPSA) is 62.5 Å². The van der Waals surface area contributed by atoms with Gasteiger partial charge in [0.25, 0.3) is 0 Å². The van der Waals surface area contributed by atoms with Crippen molar-refractivity contribution in [2.75, 3.05) is 0 Å². The molecule has 3 rings (SSSR count). The van der Waals surface area contributed by atoms with E-state index in [0.29, 0.717) is 17.6 Å². The van der Waals surface area contributed by atoms with Crippen LogP contribution < -0.4 is 5.32 Å². The van der Waals surface area contributed by atoms with E-state index in [0.717, 1.165) is 42.8 Å². The molecule has 1 saturated carbocycles. The zero-order valence-electron chi connectivity index (χ0n) is 12.8. The molecule has 0 saturated heterocycles. The van der Waals surface area contributed by atoms with Crippen LogP contribution in [-0.4, -0.2) is 17.1 Å². The van der Waals surface area contributed by atoms with Crippen molar-refractivity contribution in [2.45, 2.75) is 38.3 Å². The molecule has 2 N–H and O–H groups in total. The minimum atomic E-state index is -0.668. The molecule has 0 aliphatic heterocycles. The van der Waals surface area contributed by atoms with Crippen LogP contribution in [0, 0.1) is 5.92 Å². The lowest BCUT2D eigenvalue weighted by atomic mass is 9.86. The molecule has 4 nitrogen and oxygen atoms in total. The molecule has 0 spiro atoms. The van der Waals surface area contributed by atoms with Crippen LogP contribution in [-0.2, 0) is 11.3 Å². The summed E-state index contributed by atoms with van der Waals surface area (Å²) in [6.45, 7) is 0.646. The highest BCUT2D eigenvalue weighted by Gasteiger charge is 2.25. The van der Waals surface area contributed by atoms with E-state index >= 15 is 0 Å². The van der Waals surface area contributed by atoms with Crippen molar-refractivity contribution >= 4 is 17.6 Å². The number of hydrogen-bond acceptors (Lipinski definition) is 3. The molecule has 1 aromatic carbocycles. The zero-order valence-corrected chi connectivity index (χ0v) is 13.6. The van der Waals surface area contributed by atoms with Gasteiger partial charge in [-0.3, -0.25) is 4.79 Å². The molecular weight excluding hydrogens is 314 g/mol. The number of benzene rings is 1. The van der Waals surface area contributed by atoms with E-state index in [4.69, 9.17) is 21.1 Å². The van der Waals surface area contributed by atoms with Crippen LogP contribution >= 0.6 is 11.6 Å². The first kappa shape index (κ1) is 16.1. The highest BCUT2D eigenvalue weighted by molar-refractivity contribution is 6.33. The Bertz CT molecular complexity index is 674. The maximum Gasteiger partial charge on any atom is 0.306 e. The van der Waals surface area contributed by atoms with Crippen LogP contribution in [0.15, 0.2) is 40.8 Å². The number of rotatable bonds is 5. The third-order valence-electron chi connectivity index (χ3n) is 4.44. The van der Waals surface area contributed by atoms with Gasteiger partial charge in [-0.25, -0.2) is 0 Å². The van der Waals surface area contributed by atoms with Crippen LogP contribution in [0.3, 0.4) is 0 Å². The lowest BCUT2D eigenvalue weighted by molar-refractivity contribution is -0.142. The molecule has 0 bridgehead atoms. The van der Waals surface area contributed by atoms with Crippen molar-refractivity contribution in [1.29, 1.82) is 0 Å². The van der Waals surface area contributed by atoms with Crippen molar-refractivity contribution in [3.63, 3.8) is 0 Å². The number of halogens is 1. The van der Waals surface area contributed by atoms with E-state index in [1.807, 2.05) is 36.4 Å². The Labute approximate surface area is 140 Å². The van der Waals surface area contributed by atoms with E-state index < -0.39 is 5.97 Å². The number of furan rings is 1. The SMILES string of the molecule is O=C(O)C1CCC(NCc2ccc(-c3ccccc3Cl)o2)CC1. The van der Waals surface area contributed by atoms with Crippen LogP contribution in [0.4, 0.5) is 0 Å². The maximum absolute atomic E-state index is 11.0. The zero-order chi connectivity index (χ0) is 16.2. The summed E-state index contributed by atoms with van der Waals surface area (Å²) in [5.41, 5.74) is 0.891. The first-order chi connectivity index (χ1) is 11.1. The number of carboxylic acid groups (broad SMARTS) is 1. The summed E-state index contributed by atoms with van der Waals surface area (Å²) >= 11 is 6.18. The van der Waals surface area contributed by atoms with Gasteiger partial charge in [0.05, 0.1) is 17.5 Å². The molecule has 1 aliphatic carbocycles. The lowest BCUT2D eigenvalue weighted by Crippen LogP contribution is -2.34. The number of nitrogens with one attached hydrogen (secondary N) is 1. The molecule has 1 aromatic heterocycles. The molecule has 0 amide bonds. The Hall–Kier alpha value is -1.78. The van der Waals surface area contributed by atoms with E-state index in [9.17, 15) is 4.79 Å². The fourth-order valence-electron chi connectivity index (χ4n) is 3.07. The summed E-state index contributed by atoms with van der Waals surface area (Å²) in [4.78, 5) is 11.0. The summed E-state index contributed by atoms with van der Waals surface area (Å²) in [5, 5.41) is 13.2. The minimum absolute atomic E-state index is 0.177. The van der Waals surface area contributed by atoms with Gasteiger partial charge in [-0.2, -0.15) is 0 Å². The van der Waals surface area contributed by atoms with Crippen LogP contribution in [0.5, 0.6) is 0 Å². The molecule has 1 fully saturated rings. The standard InChI is InChI=1S/C18H20ClNO3/c19-16-4-2-1-3-15(16)17-10-9-14(23-17)11-20-13-7-5-12(6-8-13)18(21)22/h1-4,9-10,12-13,20H,5-8,11H2,(H,21,22). The smallest absolute Gasteiger partial charge is 0.306 e. The van der Waals surface area contributed by atoms with Gasteiger partial charge < -0.3 is 14.8 Å². The Morgan fingerprint density at radius 1 is 1.17 bits per heavy atom. The fraction of sp³-hybridized carbons (Fsp3) is 0.389. The lowest BCUT2D eigenvalue weighted by Gasteiger charge is -2.26. The number of aliphatic carboxylic acids is 1. The average Bonchev–Trinajstić information content (AvgIpc) is 3.02. The normalized spacial score (nSPS) is 21.3. The fourth-order valence-corrected chi connectivity index (χ4v) is 3.30. The summed E-state index contributed by atoms with van der Waals surface area (Å²) in [5.74, 6) is 0.782. The second-order valence-corrected chi connectivity index (χ2v) is 6.42. The molecule has 23 heavy (non-hydrogen) atoms. The van der Waals surface area contributed by atoms with E-state index in [1.54, 1.807) is 0 Å². The van der Waals surface area contributed by atoms with Gasteiger partial charge in [0, 0.05) is 11.6 Å². The third kappa shape index (κ3) is 3.95. The van der Waals surface area contributed by atoms with Crippen molar-refractivity contribution in [2.24, 2.45) is 5.92 Å². The van der Waals surface area contributed by atoms with Gasteiger partial charge >= 0.3 is 5.97 Å². The number of carbonyl (C=O) groups is 1. The first-order valence-corrected chi connectivity index (χ1v) is 8.31. The Morgan fingerprint density at radius 2 is 1.91 bits per heavy atom. The summed E-state index contributed by atoms with van der Waals surface area (Å²) < 4.78 is 5.86. The van der Waals surface area contributed by atoms with Gasteiger partial charge in [-0.15, -0.1) is 0 Å². The summed E-state index contributed by atoms with van der Waals surface area (Å²) in [6, 6.07) is 11.9. The van der Waals surface area contributed by atoms with E-state index in [-0.39, 0.29) is 5.92 Å². The monoisotopic (exact) mass is 333 g/mol. The highest BCUT2D eigenvalue weighted by atomic mass is 35.5. The molecule has 0 radical (unpaired) electrons. The second-order valence-electron chi connectivity index (χ2n) is 6.01. The third-order valence-corrected chi connectivity index (χ3v) is 4.77. The Morgan fingerprint density at radius 3 is 2.61 bits per heavy atom. The predicted octanol–water partition coefficient (Wildman–Crippen LogP) is 4.33. The molecular formula is C18H20ClNO3. The minimum Gasteiger partial charge on any atom is -0.481 e. The van der Waals surface area contributed by atoms with Crippen molar-refractivity contribution < 1.29 is 14.3 Å². The van der Waals surface area contributed by atoms with Gasteiger partial charge in [0.2, 0.25) is 0 Å². The van der Waals surface area contributed by atoms with Gasteiger partial charge in [0.1, 0.15) is 11.5 Å². The summed E-state index contributed by atoms with van der Waals surface area (Å²) in [7, 11) is 0. The van der Waals surface area contributed by atoms with E-state index in [1.165, 1.54) is 0 Å². The van der Waals surface area contributed by atoms with Crippen molar-refractivity contribution in [3.8, 4) is 11.3 Å². The molecule has 2 aromatic rings. The summed E-state index contributed by atoms with van der Waals surface area (Å²) in [6.07, 6.45) is 3.29. The van der Waals surface area contributed by atoms with Crippen LogP contribution in [0.2, 0.25) is 5.02 Å². The first-order valence-electron chi connectivity index (χ1n) is 7.93. The Balaban J connectivity index is 1.54. The van der Waals surface area contributed by atoms with E-state index in [2.05, 4.69) is 5.32 Å². The Kier molecular flexibility index (Phi) is 5.03. The highest BCUT2D eigenvalue weighted by Crippen LogP contribution is 2.29.